The minimum atomic E-state index is -0.563. The third-order valence-corrected chi connectivity index (χ3v) is 28.5. The molecule has 0 saturated heterocycles. The topological polar surface area (TPSA) is 13.0 Å². The lowest BCUT2D eigenvalue weighted by atomic mass is 9.64. The monoisotopic (exact) mass is 1570 g/mol. The molecule has 0 aromatic heterocycles. The summed E-state index contributed by atoms with van der Waals surface area (Å²) in [7, 11) is 0. The average molecular weight is 1570 g/mol. The number of hydrogen-bond acceptors (Lipinski definition) is 4. The molecule has 2 heterocycles. The van der Waals surface area contributed by atoms with E-state index in [0.29, 0.717) is 0 Å². The van der Waals surface area contributed by atoms with Gasteiger partial charge in [-0.2, -0.15) is 0 Å². The maximum Gasteiger partial charge on any atom is 0.0755 e. The molecule has 5 aliphatic carbocycles. The molecular formula is C119H88N4. The fraction of sp³-hybridized carbons (Fsp3) is 0.0924. The molecule has 4 heteroatoms. The van der Waals surface area contributed by atoms with Crippen molar-refractivity contribution in [2.45, 2.75) is 68.6 Å². The van der Waals surface area contributed by atoms with Crippen LogP contribution in [0.5, 0.6) is 0 Å². The zero-order chi connectivity index (χ0) is 82.2. The Morgan fingerprint density at radius 3 is 0.813 bits per heavy atom. The van der Waals surface area contributed by atoms with Crippen LogP contribution in [0.4, 0.5) is 68.2 Å². The molecule has 25 rings (SSSR count). The van der Waals surface area contributed by atoms with Gasteiger partial charge in [-0.1, -0.05) is 363 Å². The summed E-state index contributed by atoms with van der Waals surface area (Å²) in [5.41, 5.74) is 46.5. The number of para-hydroxylation sites is 7. The van der Waals surface area contributed by atoms with Crippen molar-refractivity contribution in [3.63, 3.8) is 0 Å². The smallest absolute Gasteiger partial charge is 0.0755 e. The third kappa shape index (κ3) is 10.1. The lowest BCUT2D eigenvalue weighted by Gasteiger charge is -2.45. The van der Waals surface area contributed by atoms with Gasteiger partial charge in [-0.05, 0) is 231 Å². The summed E-state index contributed by atoms with van der Waals surface area (Å²) in [6, 6.07) is 159. The molecule has 584 valence electrons. The summed E-state index contributed by atoms with van der Waals surface area (Å²) in [6.07, 6.45) is 0. The standard InChI is InChI=1S/C61H46N2.C58H42N2/c1-59(2)47-24-11-8-21-42(47)44-35-33-40(37-53(44)59)62(41-34-36-45-43-22-9-12-25-48(43)60(3,4)54(45)38-41)57-32-18-29-52-58(57)46-23-10-13-26-49(46)61(52)50-27-14-16-30-55(50)63(39-19-6-5-7-20-39)56-31-17-15-28-51(56)61;1-57(2)46-27-12-9-25-43(46)44-37-36-41(38-51(44)57)60(52-32-16-11-24-42(52)39-20-5-3-6-21-39)55-35-19-31-50-56(55)45-26-10-13-28-47(45)58(50)48-29-14-17-33-53(48)59(40-22-7-4-8-23-40)54-34-18-15-30-49(54)58/h5-38H,1-4H3;3-38H,1-2H3. The van der Waals surface area contributed by atoms with E-state index in [4.69, 9.17) is 0 Å². The normalized spacial score (nSPS) is 15.0. The second-order valence-electron chi connectivity index (χ2n) is 35.7. The maximum atomic E-state index is 2.57. The van der Waals surface area contributed by atoms with Crippen LogP contribution in [0, 0.1) is 0 Å². The Balaban J connectivity index is 0.000000139. The van der Waals surface area contributed by atoms with Gasteiger partial charge in [-0.3, -0.25) is 0 Å². The summed E-state index contributed by atoms with van der Waals surface area (Å²) in [4.78, 5) is 10.0. The van der Waals surface area contributed by atoms with Crippen LogP contribution in [0.2, 0.25) is 0 Å². The Morgan fingerprint density at radius 1 is 0.179 bits per heavy atom. The molecule has 0 unspecified atom stereocenters. The molecule has 18 aromatic carbocycles. The van der Waals surface area contributed by atoms with Gasteiger partial charge in [0.1, 0.15) is 0 Å². The molecule has 0 radical (unpaired) electrons. The number of anilines is 12. The Hall–Kier alpha value is -14.8. The van der Waals surface area contributed by atoms with Crippen LogP contribution in [-0.4, -0.2) is 0 Å². The molecule has 0 saturated carbocycles. The minimum absolute atomic E-state index is 0.148. The van der Waals surface area contributed by atoms with Crippen molar-refractivity contribution in [2.24, 2.45) is 0 Å². The van der Waals surface area contributed by atoms with Crippen molar-refractivity contribution in [1.29, 1.82) is 0 Å². The second kappa shape index (κ2) is 27.1. The predicted octanol–water partition coefficient (Wildman–Crippen LogP) is 31.2. The maximum absolute atomic E-state index is 2.57. The Kier molecular flexibility index (Phi) is 15.9. The van der Waals surface area contributed by atoms with Crippen LogP contribution in [-0.2, 0) is 27.1 Å². The first-order chi connectivity index (χ1) is 60.4. The number of hydrogen-bond donors (Lipinski definition) is 0. The molecular weight excluding hydrogens is 1490 g/mol. The van der Waals surface area contributed by atoms with Crippen LogP contribution in [0.3, 0.4) is 0 Å². The van der Waals surface area contributed by atoms with Crippen molar-refractivity contribution < 1.29 is 0 Å². The van der Waals surface area contributed by atoms with Crippen LogP contribution < -0.4 is 19.6 Å². The zero-order valence-electron chi connectivity index (χ0n) is 69.7. The van der Waals surface area contributed by atoms with Gasteiger partial charge in [0.2, 0.25) is 0 Å². The van der Waals surface area contributed by atoms with Crippen LogP contribution in [0.1, 0.15) is 119 Å². The lowest BCUT2D eigenvalue weighted by Crippen LogP contribution is -2.36. The Bertz CT molecular complexity index is 7190. The molecule has 7 aliphatic rings. The van der Waals surface area contributed by atoms with E-state index >= 15 is 0 Å². The predicted molar refractivity (Wildman–Crippen MR) is 511 cm³/mol. The first-order valence-electron chi connectivity index (χ1n) is 43.4. The fourth-order valence-electron chi connectivity index (χ4n) is 23.2. The van der Waals surface area contributed by atoms with E-state index in [1.165, 1.54) is 173 Å². The van der Waals surface area contributed by atoms with E-state index in [2.05, 4.69) is 486 Å². The van der Waals surface area contributed by atoms with Gasteiger partial charge in [0, 0.05) is 61.4 Å². The van der Waals surface area contributed by atoms with Crippen molar-refractivity contribution in [1.82, 2.24) is 0 Å². The largest absolute Gasteiger partial charge is 0.310 e. The Morgan fingerprint density at radius 2 is 0.439 bits per heavy atom. The second-order valence-corrected chi connectivity index (χ2v) is 35.7. The number of benzene rings is 18. The van der Waals surface area contributed by atoms with Gasteiger partial charge in [-0.15, -0.1) is 0 Å². The van der Waals surface area contributed by atoms with Crippen molar-refractivity contribution in [3.05, 3.63) is 503 Å². The number of fused-ring (bicyclic) bond motifs is 27. The zero-order valence-corrected chi connectivity index (χ0v) is 69.7. The van der Waals surface area contributed by atoms with Crippen LogP contribution in [0.15, 0.2) is 425 Å². The van der Waals surface area contributed by atoms with Crippen molar-refractivity contribution >= 4 is 68.2 Å². The van der Waals surface area contributed by atoms with Gasteiger partial charge in [0.15, 0.2) is 0 Å². The molecule has 18 aromatic rings. The summed E-state index contributed by atoms with van der Waals surface area (Å²) in [6.45, 7) is 14.3. The van der Waals surface area contributed by atoms with E-state index in [1.54, 1.807) is 0 Å². The van der Waals surface area contributed by atoms with Gasteiger partial charge >= 0.3 is 0 Å². The molecule has 0 amide bonds. The van der Waals surface area contributed by atoms with Crippen molar-refractivity contribution in [3.8, 4) is 66.8 Å². The van der Waals surface area contributed by atoms with E-state index < -0.39 is 10.8 Å². The molecule has 2 spiro atoms. The van der Waals surface area contributed by atoms with Gasteiger partial charge in [0.05, 0.1) is 50.6 Å². The molecule has 2 aliphatic heterocycles. The SMILES string of the molecule is CC1(C)c2ccccc2-c2ccc(N(c3ccc4c(c3)C(C)(C)c3ccccc3-4)c3cccc4c3-c3ccccc3C43c4ccccc4N(c4ccccc4)c4ccccc43)cc21.CC1(C)c2ccccc2-c2ccc(N(c3ccccc3-c3ccccc3)c3cccc4c3-c3ccccc3C43c4ccccc4N(c4ccccc4)c4ccccc43)cc21. The number of rotatable bonds is 9. The summed E-state index contributed by atoms with van der Waals surface area (Å²) in [5, 5.41) is 0. The van der Waals surface area contributed by atoms with Crippen molar-refractivity contribution in [2.75, 3.05) is 19.6 Å². The van der Waals surface area contributed by atoms with Gasteiger partial charge < -0.3 is 19.6 Å². The first-order valence-corrected chi connectivity index (χ1v) is 43.4. The van der Waals surface area contributed by atoms with Gasteiger partial charge in [0.25, 0.3) is 0 Å². The van der Waals surface area contributed by atoms with E-state index in [-0.39, 0.29) is 16.2 Å². The van der Waals surface area contributed by atoms with Crippen LogP contribution in [0.25, 0.3) is 66.8 Å². The average Bonchev–Trinajstić information content (AvgIpc) is 1.53. The lowest BCUT2D eigenvalue weighted by molar-refractivity contribution is 0.660. The summed E-state index contributed by atoms with van der Waals surface area (Å²) < 4.78 is 0. The molecule has 0 atom stereocenters. The number of nitrogens with zero attached hydrogens (tertiary/aromatic N) is 4. The highest BCUT2D eigenvalue weighted by Gasteiger charge is 2.55. The minimum Gasteiger partial charge on any atom is -0.310 e. The molecule has 4 nitrogen and oxygen atoms in total. The van der Waals surface area contributed by atoms with Crippen LogP contribution >= 0.6 is 0 Å². The Labute approximate surface area is 720 Å². The summed E-state index contributed by atoms with van der Waals surface area (Å²) >= 11 is 0. The van der Waals surface area contributed by atoms with E-state index in [0.717, 1.165) is 39.8 Å². The highest BCUT2D eigenvalue weighted by molar-refractivity contribution is 6.06. The molecule has 123 heavy (non-hydrogen) atoms. The first kappa shape index (κ1) is 72.2. The molecule has 0 fully saturated rings. The quantitative estimate of drug-likeness (QED) is 0.143. The van der Waals surface area contributed by atoms with Gasteiger partial charge in [-0.25, -0.2) is 0 Å². The highest BCUT2D eigenvalue weighted by Crippen LogP contribution is 2.69. The van der Waals surface area contributed by atoms with E-state index in [9.17, 15) is 0 Å². The molecule has 0 bridgehead atoms. The summed E-state index contributed by atoms with van der Waals surface area (Å²) in [5.74, 6) is 0. The fourth-order valence-corrected chi connectivity index (χ4v) is 23.2. The highest BCUT2D eigenvalue weighted by atomic mass is 15.2. The third-order valence-electron chi connectivity index (χ3n) is 28.5. The molecule has 0 N–H and O–H groups in total. The van der Waals surface area contributed by atoms with E-state index in [1.807, 2.05) is 0 Å².